The first kappa shape index (κ1) is 23.2. The molecule has 10 heteroatoms. The van der Waals surface area contributed by atoms with Crippen molar-refractivity contribution in [3.63, 3.8) is 0 Å². The molecule has 2 aliphatic rings. The highest BCUT2D eigenvalue weighted by Gasteiger charge is 2.46. The minimum atomic E-state index is -4.43. The number of benzene rings is 1. The third-order valence-electron chi connectivity index (χ3n) is 7.15. The summed E-state index contributed by atoms with van der Waals surface area (Å²) in [5.41, 5.74) is 7.54. The standard InChI is InChI=1S/C26H27F3N6O/c27-26(28,29)24(34-11-10-17(12-30)13-34)19-7-9-22-32-33-25(35(22)14-19)20-8-6-18-2-1-3-21(23(18)31-20)36-15-16-4-5-16/h1-3,6-9,14,16-17,24H,4-5,10-13,15,30H2/t17-,24?/m0/s1. The van der Waals surface area contributed by atoms with E-state index in [-0.39, 0.29) is 11.5 Å². The van der Waals surface area contributed by atoms with Crippen molar-refractivity contribution in [2.24, 2.45) is 17.6 Å². The predicted molar refractivity (Wildman–Crippen MR) is 129 cm³/mol. The van der Waals surface area contributed by atoms with Crippen molar-refractivity contribution in [1.29, 1.82) is 0 Å². The average Bonchev–Trinajstić information content (AvgIpc) is 3.42. The number of fused-ring (bicyclic) bond motifs is 2. The quantitative estimate of drug-likeness (QED) is 0.402. The smallest absolute Gasteiger partial charge is 0.408 e. The lowest BCUT2D eigenvalue weighted by molar-refractivity contribution is -0.184. The van der Waals surface area contributed by atoms with Gasteiger partial charge in [-0.15, -0.1) is 10.2 Å². The fourth-order valence-electron chi connectivity index (χ4n) is 4.99. The van der Waals surface area contributed by atoms with Gasteiger partial charge in [0, 0.05) is 18.1 Å². The molecule has 36 heavy (non-hydrogen) atoms. The van der Waals surface area contributed by atoms with Gasteiger partial charge in [-0.05, 0) is 68.0 Å². The molecule has 1 aliphatic heterocycles. The van der Waals surface area contributed by atoms with Gasteiger partial charge >= 0.3 is 6.18 Å². The number of rotatable bonds is 7. The number of aromatic nitrogens is 4. The van der Waals surface area contributed by atoms with Crippen molar-refractivity contribution in [3.8, 4) is 17.3 Å². The molecule has 4 heterocycles. The predicted octanol–water partition coefficient (Wildman–Crippen LogP) is 4.62. The van der Waals surface area contributed by atoms with E-state index >= 15 is 0 Å². The normalized spacial score (nSPS) is 19.8. The Hall–Kier alpha value is -3.24. The van der Waals surface area contributed by atoms with Gasteiger partial charge < -0.3 is 10.5 Å². The number of pyridine rings is 2. The molecule has 0 radical (unpaired) electrons. The zero-order valence-electron chi connectivity index (χ0n) is 19.7. The average molecular weight is 497 g/mol. The Balaban J connectivity index is 1.39. The summed E-state index contributed by atoms with van der Waals surface area (Å²) in [5.74, 6) is 1.74. The third-order valence-corrected chi connectivity index (χ3v) is 7.15. The first-order valence-corrected chi connectivity index (χ1v) is 12.3. The maximum Gasteiger partial charge on any atom is 0.408 e. The highest BCUT2D eigenvalue weighted by atomic mass is 19.4. The minimum Gasteiger partial charge on any atom is -0.491 e. The molecule has 1 saturated carbocycles. The van der Waals surface area contributed by atoms with E-state index < -0.39 is 12.2 Å². The summed E-state index contributed by atoms with van der Waals surface area (Å²) in [5, 5.41) is 9.37. The van der Waals surface area contributed by atoms with Gasteiger partial charge in [-0.1, -0.05) is 24.3 Å². The minimum absolute atomic E-state index is 0.0715. The van der Waals surface area contributed by atoms with Crippen LogP contribution in [-0.4, -0.2) is 56.9 Å². The Kier molecular flexibility index (Phi) is 5.80. The Morgan fingerprint density at radius 1 is 1.03 bits per heavy atom. The summed E-state index contributed by atoms with van der Waals surface area (Å²) in [6, 6.07) is 10.8. The number of alkyl halides is 3. The van der Waals surface area contributed by atoms with Crippen molar-refractivity contribution >= 4 is 16.6 Å². The van der Waals surface area contributed by atoms with Crippen LogP contribution in [0.4, 0.5) is 13.2 Å². The van der Waals surface area contributed by atoms with Gasteiger partial charge in [-0.25, -0.2) is 4.98 Å². The van der Waals surface area contributed by atoms with Gasteiger partial charge in [0.25, 0.3) is 0 Å². The van der Waals surface area contributed by atoms with Crippen molar-refractivity contribution < 1.29 is 17.9 Å². The molecule has 3 aromatic heterocycles. The zero-order chi connectivity index (χ0) is 24.9. The van der Waals surface area contributed by atoms with Crippen LogP contribution in [0.1, 0.15) is 30.9 Å². The molecule has 1 aromatic carbocycles. The maximum atomic E-state index is 14.3. The summed E-state index contributed by atoms with van der Waals surface area (Å²) < 4.78 is 50.4. The molecule has 6 rings (SSSR count). The van der Waals surface area contributed by atoms with E-state index in [4.69, 9.17) is 15.5 Å². The van der Waals surface area contributed by atoms with Crippen molar-refractivity contribution in [2.45, 2.75) is 31.5 Å². The van der Waals surface area contributed by atoms with E-state index in [0.29, 0.717) is 67.0 Å². The largest absolute Gasteiger partial charge is 0.491 e. The highest BCUT2D eigenvalue weighted by Crippen LogP contribution is 2.40. The SMILES string of the molecule is NC[C@@H]1CCN(C(c2ccc3nnc(-c4ccc5cccc(OCC6CC6)c5n4)n3c2)C(F)(F)F)C1. The first-order valence-electron chi connectivity index (χ1n) is 12.3. The van der Waals surface area contributed by atoms with Crippen molar-refractivity contribution in [1.82, 2.24) is 24.5 Å². The van der Waals surface area contributed by atoms with Crippen LogP contribution in [0, 0.1) is 11.8 Å². The number of hydrogen-bond donors (Lipinski definition) is 1. The van der Waals surface area contributed by atoms with Crippen molar-refractivity contribution in [3.05, 3.63) is 54.2 Å². The molecular weight excluding hydrogens is 469 g/mol. The number of likely N-dealkylation sites (tertiary alicyclic amines) is 1. The Bertz CT molecular complexity index is 1400. The molecule has 4 aromatic rings. The van der Waals surface area contributed by atoms with Crippen LogP contribution in [0.25, 0.3) is 28.1 Å². The monoisotopic (exact) mass is 496 g/mol. The number of nitrogens with two attached hydrogens (primary N) is 1. The summed E-state index contributed by atoms with van der Waals surface area (Å²) >= 11 is 0. The molecule has 2 fully saturated rings. The van der Waals surface area contributed by atoms with Gasteiger partial charge in [-0.2, -0.15) is 13.2 Å². The molecule has 0 amide bonds. The van der Waals surface area contributed by atoms with Crippen LogP contribution >= 0.6 is 0 Å². The van der Waals surface area contributed by atoms with Crippen LogP contribution in [0.3, 0.4) is 0 Å². The Morgan fingerprint density at radius 3 is 2.64 bits per heavy atom. The Labute approximate surface area is 206 Å². The number of ether oxygens (including phenoxy) is 1. The lowest BCUT2D eigenvalue weighted by Crippen LogP contribution is -2.37. The Morgan fingerprint density at radius 2 is 1.89 bits per heavy atom. The van der Waals surface area contributed by atoms with E-state index in [1.807, 2.05) is 30.3 Å². The summed E-state index contributed by atoms with van der Waals surface area (Å²) in [6.45, 7) is 1.72. The van der Waals surface area contributed by atoms with Gasteiger partial charge in [0.15, 0.2) is 11.5 Å². The molecule has 2 N–H and O–H groups in total. The maximum absolute atomic E-state index is 14.3. The summed E-state index contributed by atoms with van der Waals surface area (Å²) in [6.07, 6.45) is 0.0805. The van der Waals surface area contributed by atoms with E-state index in [2.05, 4.69) is 10.2 Å². The molecular formula is C26H27F3N6O. The van der Waals surface area contributed by atoms with Crippen LogP contribution in [0.15, 0.2) is 48.7 Å². The number of para-hydroxylation sites is 1. The van der Waals surface area contributed by atoms with E-state index in [9.17, 15) is 13.2 Å². The summed E-state index contributed by atoms with van der Waals surface area (Å²) in [7, 11) is 0. The summed E-state index contributed by atoms with van der Waals surface area (Å²) in [4.78, 5) is 6.27. The molecule has 1 aliphatic carbocycles. The van der Waals surface area contributed by atoms with Gasteiger partial charge in [0.2, 0.25) is 0 Å². The second-order valence-corrected chi connectivity index (χ2v) is 9.82. The van der Waals surface area contributed by atoms with Crippen LogP contribution in [-0.2, 0) is 0 Å². The zero-order valence-corrected chi connectivity index (χ0v) is 19.7. The molecule has 0 spiro atoms. The van der Waals surface area contributed by atoms with Gasteiger partial charge in [-0.3, -0.25) is 9.30 Å². The van der Waals surface area contributed by atoms with Crippen LogP contribution < -0.4 is 10.5 Å². The van der Waals surface area contributed by atoms with Gasteiger partial charge in [0.1, 0.15) is 23.0 Å². The molecule has 2 atom stereocenters. The molecule has 1 saturated heterocycles. The number of nitrogens with zero attached hydrogens (tertiary/aromatic N) is 5. The second-order valence-electron chi connectivity index (χ2n) is 9.82. The van der Waals surface area contributed by atoms with E-state index in [1.54, 1.807) is 10.5 Å². The van der Waals surface area contributed by atoms with Crippen LogP contribution in [0.2, 0.25) is 0 Å². The van der Waals surface area contributed by atoms with E-state index in [1.165, 1.54) is 30.0 Å². The van der Waals surface area contributed by atoms with Crippen LogP contribution in [0.5, 0.6) is 5.75 Å². The fraction of sp³-hybridized carbons (Fsp3) is 0.423. The highest BCUT2D eigenvalue weighted by molar-refractivity contribution is 5.86. The fourth-order valence-corrected chi connectivity index (χ4v) is 4.99. The van der Waals surface area contributed by atoms with E-state index in [0.717, 1.165) is 5.39 Å². The number of halogens is 3. The molecule has 1 unspecified atom stereocenters. The number of hydrogen-bond acceptors (Lipinski definition) is 6. The molecule has 0 bridgehead atoms. The molecule has 7 nitrogen and oxygen atoms in total. The second kappa shape index (κ2) is 9.01. The topological polar surface area (TPSA) is 81.6 Å². The molecule has 188 valence electrons. The lowest BCUT2D eigenvalue weighted by Gasteiger charge is -2.30. The van der Waals surface area contributed by atoms with Gasteiger partial charge in [0.05, 0.1) is 6.61 Å². The third kappa shape index (κ3) is 4.39. The van der Waals surface area contributed by atoms with Crippen molar-refractivity contribution in [2.75, 3.05) is 26.2 Å². The first-order chi connectivity index (χ1) is 17.4. The lowest BCUT2D eigenvalue weighted by atomic mass is 10.1.